The van der Waals surface area contributed by atoms with Crippen LogP contribution in [0.25, 0.3) is 11.5 Å². The maximum absolute atomic E-state index is 12.8. The fraction of sp³-hybridized carbons (Fsp3) is 0.562. The second-order valence-corrected chi connectivity index (χ2v) is 7.57. The first-order valence-electron chi connectivity index (χ1n) is 8.55. The molecule has 140 valence electrons. The number of aryl methyl sites for hydroxylation is 1. The first-order valence-corrected chi connectivity index (χ1v) is 9.37. The lowest BCUT2D eigenvalue weighted by atomic mass is 9.95. The first-order chi connectivity index (χ1) is 12.4. The number of amides is 2. The predicted molar refractivity (Wildman–Crippen MR) is 89.1 cm³/mol. The number of fused-ring (bicyclic) bond motifs is 1. The van der Waals surface area contributed by atoms with Crippen molar-refractivity contribution in [3.63, 3.8) is 0 Å². The second-order valence-electron chi connectivity index (χ2n) is 6.46. The summed E-state index contributed by atoms with van der Waals surface area (Å²) in [6.07, 6.45) is 0.772. The number of urea groups is 1. The van der Waals surface area contributed by atoms with Crippen molar-refractivity contribution in [1.82, 2.24) is 15.0 Å². The molecular weight excluding hydrogens is 369 g/mol. The molecule has 1 aliphatic heterocycles. The highest BCUT2D eigenvalue weighted by molar-refractivity contribution is 7.17. The van der Waals surface area contributed by atoms with E-state index in [1.165, 1.54) is 11.3 Å². The van der Waals surface area contributed by atoms with Gasteiger partial charge in [-0.05, 0) is 44.1 Å². The maximum Gasteiger partial charge on any atom is 0.455 e. The molecule has 0 atom stereocenters. The Labute approximate surface area is 151 Å². The Bertz CT molecular complexity index is 824. The minimum Gasteiger partial charge on any atom is -0.334 e. The molecule has 2 aliphatic rings. The Hall–Kier alpha value is -2.10. The van der Waals surface area contributed by atoms with Crippen LogP contribution in [-0.2, 0) is 19.0 Å². The van der Waals surface area contributed by atoms with Crippen LogP contribution >= 0.6 is 11.3 Å². The summed E-state index contributed by atoms with van der Waals surface area (Å²) in [6.45, 7) is 1.37. The number of halogens is 3. The molecule has 2 aromatic rings. The molecule has 0 saturated carbocycles. The smallest absolute Gasteiger partial charge is 0.334 e. The number of nitrogens with zero attached hydrogens (tertiary/aromatic N) is 3. The number of alkyl halides is 3. The molecule has 4 rings (SSSR count). The SMILES string of the molecule is O=C(Nc1sc2c(c1-c1nc(C(F)(F)F)no1)CCCC2)N1CCCC1. The largest absolute Gasteiger partial charge is 0.455 e. The zero-order valence-corrected chi connectivity index (χ0v) is 14.7. The van der Waals surface area contributed by atoms with E-state index in [1.807, 2.05) is 0 Å². The van der Waals surface area contributed by atoms with Crippen molar-refractivity contribution >= 4 is 22.4 Å². The van der Waals surface area contributed by atoms with Gasteiger partial charge in [0.2, 0.25) is 0 Å². The van der Waals surface area contributed by atoms with Gasteiger partial charge >= 0.3 is 12.2 Å². The average molecular weight is 386 g/mol. The van der Waals surface area contributed by atoms with Crippen LogP contribution in [0.15, 0.2) is 4.52 Å². The molecule has 0 radical (unpaired) electrons. The summed E-state index contributed by atoms with van der Waals surface area (Å²) < 4.78 is 43.4. The van der Waals surface area contributed by atoms with Crippen LogP contribution in [0.1, 0.15) is 41.9 Å². The Kier molecular flexibility index (Phi) is 4.37. The molecular formula is C16H17F3N4O2S. The van der Waals surface area contributed by atoms with Gasteiger partial charge in [-0.1, -0.05) is 5.16 Å². The maximum atomic E-state index is 12.8. The van der Waals surface area contributed by atoms with Crippen LogP contribution in [0, 0.1) is 0 Å². The van der Waals surface area contributed by atoms with E-state index >= 15 is 0 Å². The fourth-order valence-corrected chi connectivity index (χ4v) is 4.69. The number of thiophene rings is 1. The van der Waals surface area contributed by atoms with Crippen LogP contribution in [0.2, 0.25) is 0 Å². The molecule has 0 aromatic carbocycles. The van der Waals surface area contributed by atoms with E-state index in [4.69, 9.17) is 4.52 Å². The Morgan fingerprint density at radius 3 is 2.58 bits per heavy atom. The highest BCUT2D eigenvalue weighted by atomic mass is 32.1. The summed E-state index contributed by atoms with van der Waals surface area (Å²) in [6, 6.07) is -0.238. The third-order valence-corrected chi connectivity index (χ3v) is 5.89. The first kappa shape index (κ1) is 17.3. The minimum absolute atomic E-state index is 0.187. The van der Waals surface area contributed by atoms with Gasteiger partial charge in [0.05, 0.1) is 5.56 Å². The van der Waals surface area contributed by atoms with Gasteiger partial charge in [0.1, 0.15) is 5.00 Å². The number of likely N-dealkylation sites (tertiary alicyclic amines) is 1. The van der Waals surface area contributed by atoms with Crippen LogP contribution in [0.5, 0.6) is 0 Å². The molecule has 26 heavy (non-hydrogen) atoms. The molecule has 1 N–H and O–H groups in total. The van der Waals surface area contributed by atoms with Crippen molar-refractivity contribution in [2.75, 3.05) is 18.4 Å². The molecule has 3 heterocycles. The summed E-state index contributed by atoms with van der Waals surface area (Å²) in [5.41, 5.74) is 1.36. The molecule has 1 aliphatic carbocycles. The highest BCUT2D eigenvalue weighted by Crippen LogP contribution is 2.44. The lowest BCUT2D eigenvalue weighted by Gasteiger charge is -2.16. The molecule has 1 fully saturated rings. The quantitative estimate of drug-likeness (QED) is 0.834. The predicted octanol–water partition coefficient (Wildman–Crippen LogP) is 4.32. The van der Waals surface area contributed by atoms with E-state index in [0.29, 0.717) is 23.7 Å². The van der Waals surface area contributed by atoms with E-state index in [9.17, 15) is 18.0 Å². The topological polar surface area (TPSA) is 71.3 Å². The number of carbonyl (C=O) groups excluding carboxylic acids is 1. The monoisotopic (exact) mass is 386 g/mol. The number of hydrogen-bond acceptors (Lipinski definition) is 5. The summed E-state index contributed by atoms with van der Waals surface area (Å²) in [7, 11) is 0. The Morgan fingerprint density at radius 1 is 1.15 bits per heavy atom. The molecule has 2 aromatic heterocycles. The van der Waals surface area contributed by atoms with E-state index < -0.39 is 12.0 Å². The van der Waals surface area contributed by atoms with Gasteiger partial charge in [-0.25, -0.2) is 4.79 Å². The molecule has 0 unspecified atom stereocenters. The standard InChI is InChI=1S/C16H17F3N4O2S/c17-16(18,19)14-20-12(25-22-14)11-9-5-1-2-6-10(9)26-13(11)21-15(24)23-7-3-4-8-23/h1-8H2,(H,21,24). The Balaban J connectivity index is 1.71. The number of nitrogens with one attached hydrogen (secondary N) is 1. The summed E-state index contributed by atoms with van der Waals surface area (Å²) in [5, 5.41) is 6.40. The third kappa shape index (κ3) is 3.17. The summed E-state index contributed by atoms with van der Waals surface area (Å²) >= 11 is 1.39. The third-order valence-electron chi connectivity index (χ3n) is 4.68. The van der Waals surface area contributed by atoms with Crippen LogP contribution in [0.3, 0.4) is 0 Å². The average Bonchev–Trinajstić information content (AvgIpc) is 3.32. The number of anilines is 1. The van der Waals surface area contributed by atoms with E-state index in [2.05, 4.69) is 15.5 Å². The summed E-state index contributed by atoms with van der Waals surface area (Å²) in [4.78, 5) is 18.8. The second kappa shape index (κ2) is 6.57. The number of carbonyl (C=O) groups is 1. The van der Waals surface area contributed by atoms with Crippen LogP contribution in [-0.4, -0.2) is 34.2 Å². The molecule has 0 spiro atoms. The van der Waals surface area contributed by atoms with Crippen molar-refractivity contribution < 1.29 is 22.5 Å². The van der Waals surface area contributed by atoms with Gasteiger partial charge in [0.15, 0.2) is 0 Å². The molecule has 2 amide bonds. The lowest BCUT2D eigenvalue weighted by Crippen LogP contribution is -2.32. The molecule has 6 nitrogen and oxygen atoms in total. The number of aromatic nitrogens is 2. The lowest BCUT2D eigenvalue weighted by molar-refractivity contribution is -0.146. The van der Waals surface area contributed by atoms with Crippen molar-refractivity contribution in [1.29, 1.82) is 0 Å². The van der Waals surface area contributed by atoms with Gasteiger partial charge in [-0.3, -0.25) is 5.32 Å². The van der Waals surface area contributed by atoms with Crippen LogP contribution in [0.4, 0.5) is 23.0 Å². The minimum atomic E-state index is -4.67. The fourth-order valence-electron chi connectivity index (χ4n) is 3.42. The highest BCUT2D eigenvalue weighted by Gasteiger charge is 2.38. The van der Waals surface area contributed by atoms with Crippen molar-refractivity contribution in [2.45, 2.75) is 44.7 Å². The van der Waals surface area contributed by atoms with Crippen molar-refractivity contribution in [2.24, 2.45) is 0 Å². The van der Waals surface area contributed by atoms with Gasteiger partial charge in [0, 0.05) is 18.0 Å². The van der Waals surface area contributed by atoms with Crippen molar-refractivity contribution in [3.8, 4) is 11.5 Å². The zero-order valence-electron chi connectivity index (χ0n) is 13.9. The molecule has 10 heteroatoms. The molecule has 1 saturated heterocycles. The number of hydrogen-bond donors (Lipinski definition) is 1. The van der Waals surface area contributed by atoms with E-state index in [0.717, 1.165) is 49.0 Å². The van der Waals surface area contributed by atoms with Gasteiger partial charge < -0.3 is 9.42 Å². The molecule has 0 bridgehead atoms. The van der Waals surface area contributed by atoms with Crippen LogP contribution < -0.4 is 5.32 Å². The normalized spacial score (nSPS) is 17.4. The van der Waals surface area contributed by atoms with Gasteiger partial charge in [-0.15, -0.1) is 11.3 Å². The van der Waals surface area contributed by atoms with Gasteiger partial charge in [-0.2, -0.15) is 18.2 Å². The number of rotatable bonds is 2. The van der Waals surface area contributed by atoms with E-state index in [1.54, 1.807) is 4.90 Å². The van der Waals surface area contributed by atoms with Gasteiger partial charge in [0.25, 0.3) is 11.7 Å². The van der Waals surface area contributed by atoms with Crippen molar-refractivity contribution in [3.05, 3.63) is 16.3 Å². The Morgan fingerprint density at radius 2 is 1.88 bits per heavy atom. The zero-order chi connectivity index (χ0) is 18.3. The summed E-state index contributed by atoms with van der Waals surface area (Å²) in [5.74, 6) is -1.49. The van der Waals surface area contributed by atoms with E-state index in [-0.39, 0.29) is 11.9 Å².